The molecule has 2 atom stereocenters. The van der Waals surface area contributed by atoms with Crippen LogP contribution in [-0.4, -0.2) is 15.9 Å². The van der Waals surface area contributed by atoms with E-state index >= 15 is 0 Å². The van der Waals surface area contributed by atoms with E-state index in [0.717, 1.165) is 28.2 Å². The lowest BCUT2D eigenvalue weighted by Gasteiger charge is -2.30. The lowest BCUT2D eigenvalue weighted by molar-refractivity contribution is -0.0247. The third kappa shape index (κ3) is 3.40. The average molecular weight is 329 g/mol. The van der Waals surface area contributed by atoms with Crippen molar-refractivity contribution in [3.8, 4) is 0 Å². The summed E-state index contributed by atoms with van der Waals surface area (Å²) in [5.41, 5.74) is 2.29. The molecule has 2 rings (SSSR count). The minimum Gasteiger partial charge on any atom is -0.372 e. The fourth-order valence-electron chi connectivity index (χ4n) is 3.02. The third-order valence-electron chi connectivity index (χ3n) is 4.30. The zero-order valence-electron chi connectivity index (χ0n) is 12.3. The Morgan fingerprint density at radius 3 is 2.68 bits per heavy atom. The first-order valence-corrected chi connectivity index (χ1v) is 8.28. The molecule has 1 saturated carbocycles. The first kappa shape index (κ1) is 15.0. The largest absolute Gasteiger partial charge is 0.372 e. The summed E-state index contributed by atoms with van der Waals surface area (Å²) in [5.74, 6) is 0.742. The van der Waals surface area contributed by atoms with Gasteiger partial charge in [0.1, 0.15) is 0 Å². The molecule has 0 radical (unpaired) electrons. The quantitative estimate of drug-likeness (QED) is 0.808. The molecule has 2 unspecified atom stereocenters. The van der Waals surface area contributed by atoms with Gasteiger partial charge in [0.2, 0.25) is 0 Å². The van der Waals surface area contributed by atoms with E-state index in [4.69, 9.17) is 4.74 Å². The molecule has 0 N–H and O–H groups in total. The second-order valence-corrected chi connectivity index (χ2v) is 6.28. The van der Waals surface area contributed by atoms with Crippen molar-refractivity contribution < 1.29 is 4.74 Å². The molecule has 0 aliphatic heterocycles. The summed E-state index contributed by atoms with van der Waals surface area (Å²) in [7, 11) is 2.00. The van der Waals surface area contributed by atoms with Crippen LogP contribution in [0.4, 0.5) is 0 Å². The van der Waals surface area contributed by atoms with Crippen LogP contribution in [0.1, 0.15) is 57.3 Å². The fraction of sp³-hybridized carbons (Fsp3) is 0.800. The SMILES string of the molecule is CCc1nn(C)c(COC2CCCCC2CC)c1Br. The highest BCUT2D eigenvalue weighted by atomic mass is 79.9. The first-order valence-electron chi connectivity index (χ1n) is 7.49. The molecule has 0 saturated heterocycles. The van der Waals surface area contributed by atoms with E-state index in [1.807, 2.05) is 11.7 Å². The molecule has 1 heterocycles. The van der Waals surface area contributed by atoms with Crippen molar-refractivity contribution in [2.24, 2.45) is 13.0 Å². The smallest absolute Gasteiger partial charge is 0.0900 e. The highest BCUT2D eigenvalue weighted by Crippen LogP contribution is 2.31. The normalized spacial score (nSPS) is 23.8. The number of aromatic nitrogens is 2. The van der Waals surface area contributed by atoms with Gasteiger partial charge in [-0.2, -0.15) is 5.10 Å². The van der Waals surface area contributed by atoms with Crippen LogP contribution in [0.2, 0.25) is 0 Å². The van der Waals surface area contributed by atoms with Gasteiger partial charge in [-0.1, -0.05) is 33.1 Å². The summed E-state index contributed by atoms with van der Waals surface area (Å²) in [4.78, 5) is 0. The fourth-order valence-corrected chi connectivity index (χ4v) is 3.75. The second kappa shape index (κ2) is 6.89. The molecular weight excluding hydrogens is 304 g/mol. The Balaban J connectivity index is 1.99. The predicted octanol–water partition coefficient (Wildman–Crippen LogP) is 4.23. The Hall–Kier alpha value is -0.350. The molecule has 1 aromatic rings. The van der Waals surface area contributed by atoms with Crippen molar-refractivity contribution in [1.29, 1.82) is 0 Å². The number of ether oxygens (including phenoxy) is 1. The maximum atomic E-state index is 6.20. The third-order valence-corrected chi connectivity index (χ3v) is 5.22. The molecule has 0 bridgehead atoms. The molecule has 108 valence electrons. The number of aryl methyl sites for hydroxylation is 2. The van der Waals surface area contributed by atoms with Crippen LogP contribution in [0, 0.1) is 5.92 Å². The molecule has 0 amide bonds. The van der Waals surface area contributed by atoms with Crippen LogP contribution in [0.5, 0.6) is 0 Å². The van der Waals surface area contributed by atoms with Gasteiger partial charge in [-0.05, 0) is 41.1 Å². The predicted molar refractivity (Wildman–Crippen MR) is 81.1 cm³/mol. The molecule has 1 fully saturated rings. The van der Waals surface area contributed by atoms with Gasteiger partial charge in [0, 0.05) is 7.05 Å². The Labute approximate surface area is 124 Å². The van der Waals surface area contributed by atoms with E-state index in [0.29, 0.717) is 12.7 Å². The monoisotopic (exact) mass is 328 g/mol. The zero-order valence-corrected chi connectivity index (χ0v) is 13.9. The van der Waals surface area contributed by atoms with Gasteiger partial charge < -0.3 is 4.74 Å². The molecule has 0 aromatic carbocycles. The van der Waals surface area contributed by atoms with Crippen molar-refractivity contribution in [1.82, 2.24) is 9.78 Å². The number of halogens is 1. The Morgan fingerprint density at radius 1 is 1.32 bits per heavy atom. The summed E-state index contributed by atoms with van der Waals surface area (Å²) >= 11 is 3.66. The Morgan fingerprint density at radius 2 is 2.05 bits per heavy atom. The molecule has 3 nitrogen and oxygen atoms in total. The zero-order chi connectivity index (χ0) is 13.8. The van der Waals surface area contributed by atoms with Crippen LogP contribution >= 0.6 is 15.9 Å². The second-order valence-electron chi connectivity index (χ2n) is 5.49. The van der Waals surface area contributed by atoms with Gasteiger partial charge >= 0.3 is 0 Å². The summed E-state index contributed by atoms with van der Waals surface area (Å²) in [5, 5.41) is 4.52. The summed E-state index contributed by atoms with van der Waals surface area (Å²) < 4.78 is 9.28. The Bertz CT molecular complexity index is 417. The van der Waals surface area contributed by atoms with Gasteiger partial charge in [0.25, 0.3) is 0 Å². The Kier molecular flexibility index (Phi) is 5.46. The molecule has 1 aliphatic rings. The van der Waals surface area contributed by atoms with E-state index in [9.17, 15) is 0 Å². The summed E-state index contributed by atoms with van der Waals surface area (Å²) in [6.07, 6.45) is 7.85. The number of nitrogens with zero attached hydrogens (tertiary/aromatic N) is 2. The lowest BCUT2D eigenvalue weighted by Crippen LogP contribution is -2.27. The van der Waals surface area contributed by atoms with Gasteiger partial charge in [-0.15, -0.1) is 0 Å². The van der Waals surface area contributed by atoms with Crippen LogP contribution in [-0.2, 0) is 24.8 Å². The first-order chi connectivity index (χ1) is 9.17. The van der Waals surface area contributed by atoms with E-state index in [2.05, 4.69) is 34.9 Å². The van der Waals surface area contributed by atoms with Gasteiger partial charge in [0.05, 0.1) is 28.6 Å². The minimum atomic E-state index is 0.436. The molecule has 1 aliphatic carbocycles. The van der Waals surface area contributed by atoms with Crippen molar-refractivity contribution in [2.45, 2.75) is 65.1 Å². The van der Waals surface area contributed by atoms with Crippen LogP contribution in [0.15, 0.2) is 4.47 Å². The average Bonchev–Trinajstić information content (AvgIpc) is 2.71. The molecular formula is C15H25BrN2O. The van der Waals surface area contributed by atoms with Crippen molar-refractivity contribution in [3.63, 3.8) is 0 Å². The maximum Gasteiger partial charge on any atom is 0.0900 e. The van der Waals surface area contributed by atoms with Crippen LogP contribution in [0.25, 0.3) is 0 Å². The van der Waals surface area contributed by atoms with Gasteiger partial charge in [0.15, 0.2) is 0 Å². The van der Waals surface area contributed by atoms with Gasteiger partial charge in [-0.3, -0.25) is 4.68 Å². The summed E-state index contributed by atoms with van der Waals surface area (Å²) in [6.45, 7) is 5.08. The standard InChI is InChI=1S/C15H25BrN2O/c1-4-11-8-6-7-9-14(11)19-10-13-15(16)12(5-2)17-18(13)3/h11,14H,4-10H2,1-3H3. The highest BCUT2D eigenvalue weighted by Gasteiger charge is 2.25. The summed E-state index contributed by atoms with van der Waals surface area (Å²) in [6, 6.07) is 0. The van der Waals surface area contributed by atoms with Crippen LogP contribution < -0.4 is 0 Å². The molecule has 0 spiro atoms. The minimum absolute atomic E-state index is 0.436. The van der Waals surface area contributed by atoms with E-state index < -0.39 is 0 Å². The topological polar surface area (TPSA) is 27.1 Å². The van der Waals surface area contributed by atoms with Crippen LogP contribution in [0.3, 0.4) is 0 Å². The van der Waals surface area contributed by atoms with Gasteiger partial charge in [-0.25, -0.2) is 0 Å². The number of rotatable bonds is 5. The van der Waals surface area contributed by atoms with E-state index in [-0.39, 0.29) is 0 Å². The molecule has 19 heavy (non-hydrogen) atoms. The van der Waals surface area contributed by atoms with E-state index in [1.165, 1.54) is 32.1 Å². The number of hydrogen-bond donors (Lipinski definition) is 0. The lowest BCUT2D eigenvalue weighted by atomic mass is 9.85. The van der Waals surface area contributed by atoms with Crippen molar-refractivity contribution in [2.75, 3.05) is 0 Å². The maximum absolute atomic E-state index is 6.20. The molecule has 4 heteroatoms. The van der Waals surface area contributed by atoms with Crippen molar-refractivity contribution in [3.05, 3.63) is 15.9 Å². The van der Waals surface area contributed by atoms with Crippen molar-refractivity contribution >= 4 is 15.9 Å². The van der Waals surface area contributed by atoms with E-state index in [1.54, 1.807) is 0 Å². The highest BCUT2D eigenvalue weighted by molar-refractivity contribution is 9.10. The molecule has 1 aromatic heterocycles. The number of hydrogen-bond acceptors (Lipinski definition) is 2.